The van der Waals surface area contributed by atoms with Gasteiger partial charge in [-0.1, -0.05) is 0 Å². The topological polar surface area (TPSA) is 69.0 Å². The summed E-state index contributed by atoms with van der Waals surface area (Å²) in [5.74, 6) is -0.784. The van der Waals surface area contributed by atoms with Gasteiger partial charge in [-0.3, -0.25) is 14.5 Å². The lowest BCUT2D eigenvalue weighted by molar-refractivity contribution is -0.153. The summed E-state index contributed by atoms with van der Waals surface area (Å²) in [6.45, 7) is 0.101. The van der Waals surface area contributed by atoms with Crippen LogP contribution in [0.15, 0.2) is 36.5 Å². The third-order valence-corrected chi connectivity index (χ3v) is 4.33. The quantitative estimate of drug-likeness (QED) is 0.590. The number of hydrogen-bond donors (Lipinski definition) is 1. The summed E-state index contributed by atoms with van der Waals surface area (Å²) >= 11 is 0. The number of hydrogen-bond acceptors (Lipinski definition) is 4. The van der Waals surface area contributed by atoms with Crippen molar-refractivity contribution in [2.75, 3.05) is 6.61 Å². The van der Waals surface area contributed by atoms with E-state index in [1.807, 2.05) is 0 Å². The van der Waals surface area contributed by atoms with Crippen molar-refractivity contribution in [2.45, 2.75) is 25.3 Å². The molecule has 0 aliphatic rings. The van der Waals surface area contributed by atoms with E-state index in [1.54, 1.807) is 6.92 Å². The summed E-state index contributed by atoms with van der Waals surface area (Å²) < 4.78 is 81.4. The Morgan fingerprint density at radius 2 is 1.87 bits per heavy atom. The lowest BCUT2D eigenvalue weighted by atomic mass is 10.1. The predicted octanol–water partition coefficient (Wildman–Crippen LogP) is 4.42. The number of amides is 1. The third kappa shape index (κ3) is 5.25. The van der Waals surface area contributed by atoms with Crippen molar-refractivity contribution < 1.29 is 35.9 Å². The Balaban J connectivity index is 1.78. The minimum absolute atomic E-state index is 0.0332. The third-order valence-electron chi connectivity index (χ3n) is 4.33. The van der Waals surface area contributed by atoms with Crippen LogP contribution in [0.25, 0.3) is 10.9 Å². The molecular weight excluding hydrogens is 430 g/mol. The van der Waals surface area contributed by atoms with Crippen LogP contribution in [0.4, 0.5) is 26.3 Å². The zero-order chi connectivity index (χ0) is 23.0. The van der Waals surface area contributed by atoms with Gasteiger partial charge in [-0.2, -0.15) is 31.4 Å². The molecule has 166 valence electrons. The van der Waals surface area contributed by atoms with Crippen molar-refractivity contribution in [3.05, 3.63) is 53.5 Å². The normalized spacial score (nSPS) is 13.3. The van der Waals surface area contributed by atoms with Gasteiger partial charge in [0.1, 0.15) is 11.4 Å². The first kappa shape index (κ1) is 22.4. The number of aryl methyl sites for hydroxylation is 1. The Bertz CT molecular complexity index is 1090. The van der Waals surface area contributed by atoms with Gasteiger partial charge in [0.15, 0.2) is 6.61 Å². The molecule has 1 aromatic carbocycles. The number of pyridine rings is 1. The van der Waals surface area contributed by atoms with Crippen LogP contribution in [-0.4, -0.2) is 33.5 Å². The van der Waals surface area contributed by atoms with Crippen molar-refractivity contribution in [1.82, 2.24) is 20.1 Å². The lowest BCUT2D eigenvalue weighted by Crippen LogP contribution is -2.29. The van der Waals surface area contributed by atoms with Gasteiger partial charge in [0.05, 0.1) is 29.0 Å². The van der Waals surface area contributed by atoms with E-state index in [0.717, 1.165) is 18.3 Å². The highest BCUT2D eigenvalue weighted by Crippen LogP contribution is 2.32. The molecule has 0 spiro atoms. The molecule has 3 aromatic rings. The number of alkyl halides is 6. The molecule has 0 fully saturated rings. The number of benzene rings is 1. The number of carbonyl (C=O) groups excluding carboxylic acids is 1. The van der Waals surface area contributed by atoms with Gasteiger partial charge < -0.3 is 10.1 Å². The maximum absolute atomic E-state index is 13.0. The number of nitrogens with zero attached hydrogens (tertiary/aromatic N) is 3. The fourth-order valence-electron chi connectivity index (χ4n) is 2.88. The van der Waals surface area contributed by atoms with Crippen LogP contribution in [0.2, 0.25) is 0 Å². The Hall–Kier alpha value is -3.31. The highest BCUT2D eigenvalue weighted by molar-refractivity contribution is 6.05. The summed E-state index contributed by atoms with van der Waals surface area (Å²) in [6, 6.07) is 4.87. The maximum Gasteiger partial charge on any atom is 0.422 e. The van der Waals surface area contributed by atoms with Gasteiger partial charge in [-0.25, -0.2) is 0 Å². The van der Waals surface area contributed by atoms with E-state index in [-0.39, 0.29) is 22.3 Å². The predicted molar refractivity (Wildman–Crippen MR) is 97.4 cm³/mol. The zero-order valence-corrected chi connectivity index (χ0v) is 16.2. The summed E-state index contributed by atoms with van der Waals surface area (Å²) in [5, 5.41) is 6.69. The smallest absolute Gasteiger partial charge is 0.422 e. The highest BCUT2D eigenvalue weighted by atomic mass is 19.4. The molecule has 6 nitrogen and oxygen atoms in total. The van der Waals surface area contributed by atoms with E-state index >= 15 is 0 Å². The monoisotopic (exact) mass is 446 g/mol. The Morgan fingerprint density at radius 3 is 2.45 bits per heavy atom. The molecule has 0 aliphatic carbocycles. The summed E-state index contributed by atoms with van der Waals surface area (Å²) in [4.78, 5) is 16.7. The first-order chi connectivity index (χ1) is 14.3. The Morgan fingerprint density at radius 1 is 1.16 bits per heavy atom. The van der Waals surface area contributed by atoms with Crippen LogP contribution < -0.4 is 10.1 Å². The van der Waals surface area contributed by atoms with Crippen molar-refractivity contribution in [3.8, 4) is 5.75 Å². The number of carbonyl (C=O) groups is 1. The second kappa shape index (κ2) is 8.08. The minimum atomic E-state index is -4.58. The second-order valence-corrected chi connectivity index (χ2v) is 6.72. The minimum Gasteiger partial charge on any atom is -0.483 e. The number of aromatic nitrogens is 3. The van der Waals surface area contributed by atoms with Gasteiger partial charge in [0, 0.05) is 12.4 Å². The molecule has 1 atom stereocenters. The number of nitrogens with one attached hydrogen (secondary N) is 1. The summed E-state index contributed by atoms with van der Waals surface area (Å²) in [7, 11) is 1.43. The van der Waals surface area contributed by atoms with E-state index < -0.39 is 36.5 Å². The van der Waals surface area contributed by atoms with Crippen molar-refractivity contribution >= 4 is 16.8 Å². The zero-order valence-electron chi connectivity index (χ0n) is 16.2. The number of ether oxygens (including phenoxy) is 1. The lowest BCUT2D eigenvalue weighted by Gasteiger charge is -2.15. The average Bonchev–Trinajstić information content (AvgIpc) is 3.00. The first-order valence-corrected chi connectivity index (χ1v) is 8.85. The van der Waals surface area contributed by atoms with E-state index in [9.17, 15) is 31.1 Å². The van der Waals surface area contributed by atoms with Crippen LogP contribution in [-0.2, 0) is 13.2 Å². The molecule has 31 heavy (non-hydrogen) atoms. The standard InChI is InChI=1S/C19H16F6N4O2/c1-10(14-6-4-12(8-26-14)31-9-18(20,21)22)27-17(30)16-13-7-11(19(23,24)25)3-5-15(13)28-29(16)2/h3-8,10H,9H2,1-2H3,(H,27,30)/t10-/m1/s1. The van der Waals surface area contributed by atoms with E-state index in [0.29, 0.717) is 5.69 Å². The van der Waals surface area contributed by atoms with Gasteiger partial charge >= 0.3 is 12.4 Å². The largest absolute Gasteiger partial charge is 0.483 e. The number of rotatable bonds is 5. The molecule has 1 N–H and O–H groups in total. The van der Waals surface area contributed by atoms with E-state index in [1.165, 1.54) is 29.9 Å². The molecular formula is C19H16F6N4O2. The van der Waals surface area contributed by atoms with Crippen LogP contribution >= 0.6 is 0 Å². The molecule has 3 rings (SSSR count). The summed E-state index contributed by atoms with van der Waals surface area (Å²) in [5.41, 5.74) is -0.447. The molecule has 0 saturated heterocycles. The van der Waals surface area contributed by atoms with Crippen molar-refractivity contribution in [3.63, 3.8) is 0 Å². The summed E-state index contributed by atoms with van der Waals surface area (Å²) in [6.07, 6.45) is -7.98. The Kier molecular flexibility index (Phi) is 5.83. The van der Waals surface area contributed by atoms with E-state index in [2.05, 4.69) is 20.1 Å². The molecule has 1 amide bonds. The van der Waals surface area contributed by atoms with Gasteiger partial charge in [-0.15, -0.1) is 0 Å². The molecule has 12 heteroatoms. The van der Waals surface area contributed by atoms with Crippen LogP contribution in [0.1, 0.15) is 34.7 Å². The van der Waals surface area contributed by atoms with Crippen LogP contribution in [0.3, 0.4) is 0 Å². The molecule has 2 aromatic heterocycles. The van der Waals surface area contributed by atoms with Gasteiger partial charge in [0.2, 0.25) is 0 Å². The van der Waals surface area contributed by atoms with E-state index in [4.69, 9.17) is 0 Å². The SMILES string of the molecule is C[C@@H](NC(=O)c1c2cc(C(F)(F)F)ccc2nn1C)c1ccc(OCC(F)(F)F)cn1. The molecule has 0 aliphatic heterocycles. The van der Waals surface area contributed by atoms with Gasteiger partial charge in [0.25, 0.3) is 5.91 Å². The van der Waals surface area contributed by atoms with Crippen LogP contribution in [0, 0.1) is 0 Å². The first-order valence-electron chi connectivity index (χ1n) is 8.85. The molecule has 0 unspecified atom stereocenters. The van der Waals surface area contributed by atoms with Crippen molar-refractivity contribution in [2.24, 2.45) is 7.05 Å². The Labute approximate surface area is 171 Å². The van der Waals surface area contributed by atoms with Crippen LogP contribution in [0.5, 0.6) is 5.75 Å². The average molecular weight is 446 g/mol. The molecule has 0 bridgehead atoms. The molecule has 0 radical (unpaired) electrons. The molecule has 2 heterocycles. The van der Waals surface area contributed by atoms with Gasteiger partial charge in [-0.05, 0) is 37.3 Å². The number of halogens is 6. The number of fused-ring (bicyclic) bond motifs is 1. The fourth-order valence-corrected chi connectivity index (χ4v) is 2.88. The molecule has 0 saturated carbocycles. The highest BCUT2D eigenvalue weighted by Gasteiger charge is 2.32. The van der Waals surface area contributed by atoms with Crippen molar-refractivity contribution in [1.29, 1.82) is 0 Å². The fraction of sp³-hybridized carbons (Fsp3) is 0.316. The second-order valence-electron chi connectivity index (χ2n) is 6.72. The maximum atomic E-state index is 13.0.